The van der Waals surface area contributed by atoms with Crippen molar-refractivity contribution in [3.63, 3.8) is 0 Å². The van der Waals surface area contributed by atoms with Crippen LogP contribution in [0.25, 0.3) is 10.9 Å². The number of halogens is 1. The van der Waals surface area contributed by atoms with Crippen LogP contribution in [0.3, 0.4) is 0 Å². The Morgan fingerprint density at radius 2 is 1.75 bits per heavy atom. The Labute approximate surface area is 260 Å². The van der Waals surface area contributed by atoms with E-state index in [4.69, 9.17) is 22.3 Å². The Bertz CT molecular complexity index is 1860. The molecular formula is C32H35ClN8O3. The Balaban J connectivity index is 1.93. The zero-order valence-electron chi connectivity index (χ0n) is 25.6. The van der Waals surface area contributed by atoms with Crippen LogP contribution in [0, 0.1) is 23.2 Å². The molecule has 0 aliphatic rings. The SMILES string of the molecule is CC(C)CC(=O)N(C(=O)CC(C)C)c1nc(N)c(C(=NCc2ccnc3ccc(Cl)cc23)c2cc(C#N)cn2C)c(=O)n1C. The van der Waals surface area contributed by atoms with Gasteiger partial charge in [-0.05, 0) is 47.7 Å². The van der Waals surface area contributed by atoms with Crippen LogP contribution < -0.4 is 16.2 Å². The molecule has 0 bridgehead atoms. The van der Waals surface area contributed by atoms with Crippen LogP contribution in [0.4, 0.5) is 11.8 Å². The first-order valence-corrected chi connectivity index (χ1v) is 14.6. The quantitative estimate of drug-likeness (QED) is 0.267. The fourth-order valence-electron chi connectivity index (χ4n) is 4.90. The minimum absolute atomic E-state index is 0.0223. The number of aromatic nitrogens is 4. The molecule has 1 aromatic carbocycles. The molecule has 11 nitrogen and oxygen atoms in total. The number of anilines is 2. The van der Waals surface area contributed by atoms with Crippen LogP contribution >= 0.6 is 11.6 Å². The van der Waals surface area contributed by atoms with E-state index in [9.17, 15) is 19.6 Å². The molecule has 0 radical (unpaired) electrons. The molecule has 0 aliphatic heterocycles. The van der Waals surface area contributed by atoms with Crippen LogP contribution in [-0.4, -0.2) is 36.6 Å². The van der Waals surface area contributed by atoms with Gasteiger partial charge in [-0.25, -0.2) is 4.90 Å². The topological polar surface area (TPSA) is 152 Å². The Morgan fingerprint density at radius 1 is 1.09 bits per heavy atom. The maximum atomic E-state index is 14.1. The number of imide groups is 1. The number of pyridine rings is 1. The summed E-state index contributed by atoms with van der Waals surface area (Å²) in [5.41, 5.74) is 8.41. The first-order chi connectivity index (χ1) is 20.8. The number of aryl methyl sites for hydroxylation is 1. The van der Waals surface area contributed by atoms with Crippen molar-refractivity contribution in [1.82, 2.24) is 19.1 Å². The van der Waals surface area contributed by atoms with E-state index in [-0.39, 0.29) is 54.3 Å². The summed E-state index contributed by atoms with van der Waals surface area (Å²) in [7, 11) is 3.17. The third-order valence-electron chi connectivity index (χ3n) is 6.97. The lowest BCUT2D eigenvalue weighted by atomic mass is 10.1. The highest BCUT2D eigenvalue weighted by Crippen LogP contribution is 2.25. The Hall–Kier alpha value is -4.82. The van der Waals surface area contributed by atoms with Crippen molar-refractivity contribution in [3.8, 4) is 6.07 Å². The minimum Gasteiger partial charge on any atom is -0.383 e. The lowest BCUT2D eigenvalue weighted by Crippen LogP contribution is -2.43. The number of hydrogen-bond acceptors (Lipinski definition) is 8. The fourth-order valence-corrected chi connectivity index (χ4v) is 5.07. The molecule has 0 unspecified atom stereocenters. The molecule has 4 aromatic rings. The second kappa shape index (κ2) is 13.2. The number of carbonyl (C=O) groups is 2. The number of hydrogen-bond donors (Lipinski definition) is 1. The van der Waals surface area contributed by atoms with E-state index >= 15 is 0 Å². The zero-order valence-corrected chi connectivity index (χ0v) is 26.4. The van der Waals surface area contributed by atoms with Gasteiger partial charge in [0.2, 0.25) is 17.8 Å². The fraction of sp³-hybridized carbons (Fsp3) is 0.344. The molecule has 12 heteroatoms. The second-order valence-corrected chi connectivity index (χ2v) is 11.9. The summed E-state index contributed by atoms with van der Waals surface area (Å²) >= 11 is 6.27. The Morgan fingerprint density at radius 3 is 2.34 bits per heavy atom. The van der Waals surface area contributed by atoms with Gasteiger partial charge in [0.05, 0.1) is 29.0 Å². The van der Waals surface area contributed by atoms with E-state index in [1.807, 2.05) is 39.8 Å². The first kappa shape index (κ1) is 32.1. The van der Waals surface area contributed by atoms with Gasteiger partial charge in [0.15, 0.2) is 0 Å². The van der Waals surface area contributed by atoms with Crippen LogP contribution in [-0.2, 0) is 30.2 Å². The summed E-state index contributed by atoms with van der Waals surface area (Å²) in [6.07, 6.45) is 3.44. The number of amides is 2. The third-order valence-corrected chi connectivity index (χ3v) is 7.21. The standard InChI is InChI=1S/C32H35ClN8O3/c1-18(2)11-26(42)41(27(43)12-19(3)4)32-38-30(35)28(31(44)40(32)6)29(25-13-20(15-34)17-39(25)5)37-16-21-9-10-36-24-8-7-22(33)14-23(21)24/h7-10,13-14,17-19H,11-12,16,35H2,1-6H3. The van der Waals surface area contributed by atoms with E-state index in [2.05, 4.69) is 16.0 Å². The molecule has 3 heterocycles. The molecule has 0 saturated carbocycles. The lowest BCUT2D eigenvalue weighted by Gasteiger charge is -2.24. The van der Waals surface area contributed by atoms with Crippen LogP contribution in [0.15, 0.2) is 52.5 Å². The van der Waals surface area contributed by atoms with Gasteiger partial charge in [0, 0.05) is 49.7 Å². The predicted molar refractivity (Wildman–Crippen MR) is 172 cm³/mol. The van der Waals surface area contributed by atoms with Crippen molar-refractivity contribution in [2.45, 2.75) is 47.1 Å². The molecule has 3 aromatic heterocycles. The monoisotopic (exact) mass is 614 g/mol. The van der Waals surface area contributed by atoms with E-state index < -0.39 is 17.4 Å². The van der Waals surface area contributed by atoms with Gasteiger partial charge >= 0.3 is 0 Å². The summed E-state index contributed by atoms with van der Waals surface area (Å²) in [5, 5.41) is 10.9. The molecule has 4 rings (SSSR count). The van der Waals surface area contributed by atoms with Crippen molar-refractivity contribution < 1.29 is 9.59 Å². The molecule has 2 N–H and O–H groups in total. The molecule has 0 atom stereocenters. The van der Waals surface area contributed by atoms with Crippen molar-refractivity contribution >= 4 is 51.8 Å². The molecule has 2 amide bonds. The smallest absolute Gasteiger partial charge is 0.266 e. The van der Waals surface area contributed by atoms with E-state index in [0.717, 1.165) is 25.9 Å². The van der Waals surface area contributed by atoms with Gasteiger partial charge in [0.25, 0.3) is 5.56 Å². The summed E-state index contributed by atoms with van der Waals surface area (Å²) in [6.45, 7) is 7.59. The van der Waals surface area contributed by atoms with E-state index in [0.29, 0.717) is 16.3 Å². The second-order valence-electron chi connectivity index (χ2n) is 11.5. The minimum atomic E-state index is -0.603. The number of nitrogen functional groups attached to an aromatic ring is 1. The molecule has 228 valence electrons. The van der Waals surface area contributed by atoms with Crippen molar-refractivity contribution in [3.05, 3.63) is 80.5 Å². The maximum Gasteiger partial charge on any atom is 0.266 e. The largest absolute Gasteiger partial charge is 0.383 e. The zero-order chi connectivity index (χ0) is 32.3. The van der Waals surface area contributed by atoms with E-state index in [1.165, 1.54) is 7.05 Å². The number of nitrogens with zero attached hydrogens (tertiary/aromatic N) is 7. The summed E-state index contributed by atoms with van der Waals surface area (Å²) in [4.78, 5) is 55.3. The lowest BCUT2D eigenvalue weighted by molar-refractivity contribution is -0.127. The van der Waals surface area contributed by atoms with Gasteiger partial charge in [-0.15, -0.1) is 0 Å². The van der Waals surface area contributed by atoms with E-state index in [1.54, 1.807) is 42.2 Å². The number of aliphatic imine (C=N–C) groups is 1. The number of benzene rings is 1. The van der Waals surface area contributed by atoms with Crippen LogP contribution in [0.5, 0.6) is 0 Å². The molecule has 0 saturated heterocycles. The summed E-state index contributed by atoms with van der Waals surface area (Å²) in [6, 6.07) is 10.9. The van der Waals surface area contributed by atoms with Gasteiger partial charge in [-0.2, -0.15) is 10.2 Å². The number of nitrogens with two attached hydrogens (primary N) is 1. The summed E-state index contributed by atoms with van der Waals surface area (Å²) < 4.78 is 2.82. The molecular weight excluding hydrogens is 580 g/mol. The van der Waals surface area contributed by atoms with Gasteiger partial charge in [-0.3, -0.25) is 28.9 Å². The predicted octanol–water partition coefficient (Wildman–Crippen LogP) is 4.76. The highest BCUT2D eigenvalue weighted by Gasteiger charge is 2.31. The average molecular weight is 615 g/mol. The maximum absolute atomic E-state index is 14.1. The molecule has 44 heavy (non-hydrogen) atoms. The van der Waals surface area contributed by atoms with Crippen molar-refractivity contribution in [1.29, 1.82) is 5.26 Å². The molecule has 0 aliphatic carbocycles. The van der Waals surface area contributed by atoms with Crippen molar-refractivity contribution in [2.75, 3.05) is 10.6 Å². The third kappa shape index (κ3) is 6.71. The highest BCUT2D eigenvalue weighted by molar-refractivity contribution is 6.31. The van der Waals surface area contributed by atoms with Gasteiger partial charge < -0.3 is 10.3 Å². The number of rotatable bonds is 9. The average Bonchev–Trinajstić information content (AvgIpc) is 3.32. The number of nitriles is 1. The number of fused-ring (bicyclic) bond motifs is 1. The van der Waals surface area contributed by atoms with Crippen LogP contribution in [0.2, 0.25) is 5.02 Å². The number of carbonyl (C=O) groups excluding carboxylic acids is 2. The van der Waals surface area contributed by atoms with Crippen molar-refractivity contribution in [2.24, 2.45) is 30.9 Å². The summed E-state index contributed by atoms with van der Waals surface area (Å²) in [5.74, 6) is -1.38. The normalized spacial score (nSPS) is 11.8. The first-order valence-electron chi connectivity index (χ1n) is 14.2. The highest BCUT2D eigenvalue weighted by atomic mass is 35.5. The molecule has 0 spiro atoms. The Kier molecular flexibility index (Phi) is 9.65. The molecule has 0 fully saturated rings. The van der Waals surface area contributed by atoms with Gasteiger partial charge in [0.1, 0.15) is 17.5 Å². The van der Waals surface area contributed by atoms with Crippen LogP contribution in [0.1, 0.15) is 62.9 Å². The van der Waals surface area contributed by atoms with Gasteiger partial charge in [-0.1, -0.05) is 39.3 Å².